The number of hydrogen-bond donors (Lipinski definition) is 7. The van der Waals surface area contributed by atoms with E-state index in [9.17, 15) is 35.4 Å². The van der Waals surface area contributed by atoms with Crippen molar-refractivity contribution >= 4 is 5.91 Å². The van der Waals surface area contributed by atoms with Gasteiger partial charge in [0.2, 0.25) is 5.91 Å². The van der Waals surface area contributed by atoms with Gasteiger partial charge in [0.15, 0.2) is 6.29 Å². The number of ether oxygens (including phenoxy) is 2. The molecule has 1 saturated heterocycles. The number of unbranched alkanes of at least 4 members (excludes halogenated alkanes) is 28. The van der Waals surface area contributed by atoms with Crippen molar-refractivity contribution in [2.45, 2.75) is 288 Å². The lowest BCUT2D eigenvalue weighted by Gasteiger charge is -2.40. The van der Waals surface area contributed by atoms with Gasteiger partial charge in [0.05, 0.1) is 25.4 Å². The molecular formula is C58H105NO9. The van der Waals surface area contributed by atoms with Crippen LogP contribution in [0.1, 0.15) is 239 Å². The molecule has 0 bridgehead atoms. The van der Waals surface area contributed by atoms with Crippen LogP contribution in [0.15, 0.2) is 60.8 Å². The van der Waals surface area contributed by atoms with Crippen LogP contribution in [0.4, 0.5) is 0 Å². The van der Waals surface area contributed by atoms with E-state index in [0.717, 1.165) is 51.4 Å². The molecule has 0 saturated carbocycles. The van der Waals surface area contributed by atoms with Crippen LogP contribution in [0, 0.1) is 0 Å². The first-order valence-electron chi connectivity index (χ1n) is 28.1. The second kappa shape index (κ2) is 47.2. The summed E-state index contributed by atoms with van der Waals surface area (Å²) in [5.41, 5.74) is 0. The molecule has 0 radical (unpaired) electrons. The lowest BCUT2D eigenvalue weighted by atomic mass is 9.99. The first-order valence-corrected chi connectivity index (χ1v) is 28.1. The summed E-state index contributed by atoms with van der Waals surface area (Å²) in [6.45, 7) is 3.59. The van der Waals surface area contributed by atoms with E-state index in [1.54, 1.807) is 6.08 Å². The minimum atomic E-state index is -1.62. The Kier molecular flexibility index (Phi) is 44.3. The Morgan fingerprint density at radius 1 is 0.515 bits per heavy atom. The molecule has 10 nitrogen and oxygen atoms in total. The van der Waals surface area contributed by atoms with E-state index in [1.807, 2.05) is 6.08 Å². The average Bonchev–Trinajstić information content (AvgIpc) is 3.34. The Morgan fingerprint density at radius 3 is 1.37 bits per heavy atom. The maximum absolute atomic E-state index is 13.1. The molecule has 0 aliphatic carbocycles. The fourth-order valence-electron chi connectivity index (χ4n) is 8.58. The zero-order valence-electron chi connectivity index (χ0n) is 43.5. The van der Waals surface area contributed by atoms with E-state index in [1.165, 1.54) is 154 Å². The van der Waals surface area contributed by atoms with Crippen LogP contribution in [0.3, 0.4) is 0 Å². The van der Waals surface area contributed by atoms with E-state index < -0.39 is 61.5 Å². The molecule has 1 heterocycles. The molecule has 0 spiro atoms. The predicted molar refractivity (Wildman–Crippen MR) is 282 cm³/mol. The summed E-state index contributed by atoms with van der Waals surface area (Å²) in [5, 5.41) is 64.9. The van der Waals surface area contributed by atoms with Crippen molar-refractivity contribution in [3.63, 3.8) is 0 Å². The SMILES string of the molecule is CCCCCCCCC/C=C/CC/C=C/CC/C=C/C(O)C(COC1OC(CO)C(O)C(O)C1O)NC(=O)C(O)CCCCCCCCCCCC/C=C\C/C=C\CCCCCCCCCCC. The number of aliphatic hydroxyl groups excluding tert-OH is 6. The fourth-order valence-corrected chi connectivity index (χ4v) is 8.58. The number of hydrogen-bond acceptors (Lipinski definition) is 9. The van der Waals surface area contributed by atoms with E-state index in [2.05, 4.69) is 67.8 Å². The second-order valence-electron chi connectivity index (χ2n) is 19.5. The van der Waals surface area contributed by atoms with Crippen molar-refractivity contribution in [2.24, 2.45) is 0 Å². The minimum absolute atomic E-state index is 0.295. The number of amides is 1. The summed E-state index contributed by atoms with van der Waals surface area (Å²) >= 11 is 0. The molecule has 0 aromatic carbocycles. The molecule has 68 heavy (non-hydrogen) atoms. The second-order valence-corrected chi connectivity index (χ2v) is 19.5. The lowest BCUT2D eigenvalue weighted by Crippen LogP contribution is -2.60. The molecule has 396 valence electrons. The monoisotopic (exact) mass is 960 g/mol. The normalized spacial score (nSPS) is 20.5. The summed E-state index contributed by atoms with van der Waals surface area (Å²) in [5.74, 6) is -0.633. The van der Waals surface area contributed by atoms with E-state index in [0.29, 0.717) is 19.3 Å². The molecule has 1 aliphatic rings. The van der Waals surface area contributed by atoms with Gasteiger partial charge in [0.25, 0.3) is 0 Å². The molecule has 1 amide bonds. The van der Waals surface area contributed by atoms with Crippen molar-refractivity contribution < 1.29 is 44.9 Å². The molecule has 0 aromatic heterocycles. The minimum Gasteiger partial charge on any atom is -0.394 e. The maximum Gasteiger partial charge on any atom is 0.249 e. The zero-order valence-corrected chi connectivity index (χ0v) is 43.5. The van der Waals surface area contributed by atoms with E-state index >= 15 is 0 Å². The molecule has 10 heteroatoms. The van der Waals surface area contributed by atoms with Gasteiger partial charge >= 0.3 is 0 Å². The number of carbonyl (C=O) groups excluding carboxylic acids is 1. The highest BCUT2D eigenvalue weighted by Crippen LogP contribution is 2.23. The van der Waals surface area contributed by atoms with Gasteiger partial charge in [0.1, 0.15) is 30.5 Å². The Labute approximate surface area is 416 Å². The third-order valence-corrected chi connectivity index (χ3v) is 13.2. The Bertz CT molecular complexity index is 1270. The van der Waals surface area contributed by atoms with Crippen molar-refractivity contribution in [3.8, 4) is 0 Å². The predicted octanol–water partition coefficient (Wildman–Crippen LogP) is 12.5. The third kappa shape index (κ3) is 35.9. The lowest BCUT2D eigenvalue weighted by molar-refractivity contribution is -0.302. The summed E-state index contributed by atoms with van der Waals surface area (Å²) in [6.07, 6.45) is 53.2. The number of carbonyl (C=O) groups is 1. The van der Waals surface area contributed by atoms with Crippen LogP contribution in [-0.4, -0.2) is 98.7 Å². The van der Waals surface area contributed by atoms with Crippen LogP contribution in [-0.2, 0) is 14.3 Å². The van der Waals surface area contributed by atoms with Gasteiger partial charge < -0.3 is 45.4 Å². The highest BCUT2D eigenvalue weighted by Gasteiger charge is 2.44. The maximum atomic E-state index is 13.1. The van der Waals surface area contributed by atoms with Crippen LogP contribution in [0.5, 0.6) is 0 Å². The number of allylic oxidation sites excluding steroid dienone is 9. The van der Waals surface area contributed by atoms with Crippen LogP contribution in [0.2, 0.25) is 0 Å². The molecule has 0 aromatic rings. The van der Waals surface area contributed by atoms with Crippen molar-refractivity contribution in [2.75, 3.05) is 13.2 Å². The summed E-state index contributed by atoms with van der Waals surface area (Å²) in [6, 6.07) is -1.01. The quantitative estimate of drug-likeness (QED) is 0.0232. The number of rotatable bonds is 47. The summed E-state index contributed by atoms with van der Waals surface area (Å²) in [4.78, 5) is 13.1. The standard InChI is InChI=1S/C58H105NO9/c1-3-5-7-9-11-13-15-17-19-21-22-23-24-25-26-27-28-29-31-33-35-37-39-41-43-45-47-52(62)57(66)59-50(49-67-58-56(65)55(64)54(63)53(48-60)68-58)51(61)46-44-42-40-38-36-34-32-30-20-18-16-14-12-10-8-6-4-2/h20,22-23,25-26,30,36,38,44,46,50-56,58,60-65H,3-19,21,24,27-29,31-35,37,39-43,45,47-49H2,1-2H3,(H,59,66)/b23-22-,26-25-,30-20+,38-36+,46-44+. The van der Waals surface area contributed by atoms with Crippen LogP contribution in [0.25, 0.3) is 0 Å². The molecule has 8 unspecified atom stereocenters. The smallest absolute Gasteiger partial charge is 0.249 e. The van der Waals surface area contributed by atoms with Gasteiger partial charge in [0, 0.05) is 0 Å². The number of aliphatic hydroxyl groups is 6. The molecule has 1 rings (SSSR count). The van der Waals surface area contributed by atoms with Gasteiger partial charge in [-0.2, -0.15) is 0 Å². The van der Waals surface area contributed by atoms with Crippen molar-refractivity contribution in [3.05, 3.63) is 60.8 Å². The van der Waals surface area contributed by atoms with Gasteiger partial charge in [-0.15, -0.1) is 0 Å². The van der Waals surface area contributed by atoms with E-state index in [4.69, 9.17) is 9.47 Å². The van der Waals surface area contributed by atoms with Gasteiger partial charge in [-0.05, 0) is 77.0 Å². The highest BCUT2D eigenvalue weighted by atomic mass is 16.7. The summed E-state index contributed by atoms with van der Waals surface area (Å²) < 4.78 is 11.2. The summed E-state index contributed by atoms with van der Waals surface area (Å²) in [7, 11) is 0. The van der Waals surface area contributed by atoms with Crippen LogP contribution >= 0.6 is 0 Å². The van der Waals surface area contributed by atoms with Crippen molar-refractivity contribution in [1.29, 1.82) is 0 Å². The van der Waals surface area contributed by atoms with Gasteiger partial charge in [-0.1, -0.05) is 222 Å². The third-order valence-electron chi connectivity index (χ3n) is 13.2. The topological polar surface area (TPSA) is 169 Å². The molecule has 7 N–H and O–H groups in total. The first kappa shape index (κ1) is 63.9. The van der Waals surface area contributed by atoms with Crippen molar-refractivity contribution in [1.82, 2.24) is 5.32 Å². The average molecular weight is 960 g/mol. The molecule has 1 aliphatic heterocycles. The molecule has 1 fully saturated rings. The fraction of sp³-hybridized carbons (Fsp3) is 0.810. The Morgan fingerprint density at radius 2 is 0.912 bits per heavy atom. The zero-order chi connectivity index (χ0) is 49.6. The largest absolute Gasteiger partial charge is 0.394 e. The Balaban J connectivity index is 2.31. The van der Waals surface area contributed by atoms with Crippen LogP contribution < -0.4 is 5.32 Å². The Hall–Kier alpha value is -2.15. The molecular weight excluding hydrogens is 855 g/mol. The molecule has 8 atom stereocenters. The first-order chi connectivity index (χ1) is 33.3. The highest BCUT2D eigenvalue weighted by molar-refractivity contribution is 5.80. The number of nitrogens with one attached hydrogen (secondary N) is 1. The van der Waals surface area contributed by atoms with Gasteiger partial charge in [-0.25, -0.2) is 0 Å². The van der Waals surface area contributed by atoms with Gasteiger partial charge in [-0.3, -0.25) is 4.79 Å². The van der Waals surface area contributed by atoms with E-state index in [-0.39, 0.29) is 6.61 Å².